The fourth-order valence-corrected chi connectivity index (χ4v) is 4.58. The lowest BCUT2D eigenvalue weighted by Crippen LogP contribution is -2.80. The van der Waals surface area contributed by atoms with E-state index in [0.717, 1.165) is 12.9 Å². The Hall–Kier alpha value is -2.16. The van der Waals surface area contributed by atoms with Gasteiger partial charge in [0.15, 0.2) is 5.96 Å². The average molecular weight is 789 g/mol. The van der Waals surface area contributed by atoms with Gasteiger partial charge in [-0.05, 0) is 69.8 Å². The predicted molar refractivity (Wildman–Crippen MR) is 167 cm³/mol. The highest BCUT2D eigenvalue weighted by molar-refractivity contribution is 14.1. The molecule has 40 heavy (non-hydrogen) atoms. The maximum atomic E-state index is 12.5. The molecule has 224 valence electrons. The molecular formula is C24H39I2N8O6+. The number of aliphatic imine (C=N–C) groups is 1. The topological polar surface area (TPSA) is 180 Å². The Kier molecular flexibility index (Phi) is 16.2. The predicted octanol–water partition coefficient (Wildman–Crippen LogP) is -0.991. The van der Waals surface area contributed by atoms with Gasteiger partial charge in [0.25, 0.3) is 0 Å². The van der Waals surface area contributed by atoms with E-state index in [4.69, 9.17) is 30.4 Å². The van der Waals surface area contributed by atoms with E-state index >= 15 is 0 Å². The maximum absolute atomic E-state index is 12.5. The lowest BCUT2D eigenvalue weighted by Gasteiger charge is -2.33. The number of nitrogens with one attached hydrogen (secondary N) is 3. The molecule has 0 aliphatic carbocycles. The van der Waals surface area contributed by atoms with Crippen LogP contribution in [0.2, 0.25) is 0 Å². The molecule has 1 saturated heterocycles. The van der Waals surface area contributed by atoms with Gasteiger partial charge in [-0.15, -0.1) is 0 Å². The third-order valence-electron chi connectivity index (χ3n) is 5.54. The van der Waals surface area contributed by atoms with E-state index < -0.39 is 0 Å². The number of hydrogen-bond donors (Lipinski definition) is 5. The highest BCUT2D eigenvalue weighted by Crippen LogP contribution is 2.26. The van der Waals surface area contributed by atoms with Crippen molar-refractivity contribution >= 4 is 69.2 Å². The van der Waals surface area contributed by atoms with Crippen LogP contribution in [0.3, 0.4) is 0 Å². The van der Waals surface area contributed by atoms with Crippen LogP contribution < -0.4 is 31.8 Å². The highest BCUT2D eigenvalue weighted by Gasteiger charge is 2.26. The van der Waals surface area contributed by atoms with E-state index in [-0.39, 0.29) is 24.0 Å². The van der Waals surface area contributed by atoms with Gasteiger partial charge in [0.2, 0.25) is 0 Å². The molecule has 16 heteroatoms. The van der Waals surface area contributed by atoms with Crippen molar-refractivity contribution in [2.75, 3.05) is 86.0 Å². The molecule has 0 unspecified atom stereocenters. The van der Waals surface area contributed by atoms with Crippen LogP contribution in [0.25, 0.3) is 0 Å². The van der Waals surface area contributed by atoms with E-state index in [1.165, 1.54) is 5.56 Å². The molecule has 4 amide bonds. The van der Waals surface area contributed by atoms with Gasteiger partial charge in [-0.1, -0.05) is 0 Å². The average Bonchev–Trinajstić information content (AvgIpc) is 2.92. The number of nitrogens with zero attached hydrogens (tertiary/aromatic N) is 3. The van der Waals surface area contributed by atoms with Gasteiger partial charge in [0.1, 0.15) is 12.4 Å². The summed E-state index contributed by atoms with van der Waals surface area (Å²) in [6, 6.07) is 3.37. The van der Waals surface area contributed by atoms with Gasteiger partial charge in [0.05, 0.1) is 49.7 Å². The van der Waals surface area contributed by atoms with Crippen molar-refractivity contribution in [2.45, 2.75) is 6.92 Å². The number of amides is 4. The zero-order valence-electron chi connectivity index (χ0n) is 22.8. The molecule has 7 N–H and O–H groups in total. The van der Waals surface area contributed by atoms with Gasteiger partial charge >= 0.3 is 18.0 Å². The molecule has 1 fully saturated rings. The van der Waals surface area contributed by atoms with Crippen molar-refractivity contribution < 1.29 is 33.5 Å². The number of aryl methyl sites for hydroxylation is 1. The molecule has 14 nitrogen and oxygen atoms in total. The number of carbonyl (C=O) groups is 2. The fourth-order valence-electron chi connectivity index (χ4n) is 3.36. The first-order valence-electron chi connectivity index (χ1n) is 12.7. The number of guanidine groups is 2. The Morgan fingerprint density at radius 2 is 1.55 bits per heavy atom. The summed E-state index contributed by atoms with van der Waals surface area (Å²) in [4.78, 5) is 35.0. The molecular weight excluding hydrogens is 750 g/mol. The number of methoxy groups -OCH3 is 1. The van der Waals surface area contributed by atoms with Crippen LogP contribution in [-0.2, 0) is 14.2 Å². The molecule has 1 aliphatic rings. The Bertz CT molecular complexity index is 1020. The summed E-state index contributed by atoms with van der Waals surface area (Å²) in [5.41, 5.74) is 12.9. The Morgan fingerprint density at radius 3 is 2.23 bits per heavy atom. The number of benzene rings is 1. The lowest BCUT2D eigenvalue weighted by atomic mass is 10.2. The van der Waals surface area contributed by atoms with Crippen molar-refractivity contribution in [1.82, 2.24) is 20.4 Å². The molecule has 0 bridgehead atoms. The molecule has 2 rings (SSSR count). The fraction of sp³-hybridized carbons (Fsp3) is 0.583. The summed E-state index contributed by atoms with van der Waals surface area (Å²) in [6.07, 6.45) is 0. The summed E-state index contributed by atoms with van der Waals surface area (Å²) in [5.74, 6) is 0.978. The van der Waals surface area contributed by atoms with Crippen LogP contribution in [0, 0.1) is 14.1 Å². The summed E-state index contributed by atoms with van der Waals surface area (Å²) in [5, 5.41) is 5.16. The van der Waals surface area contributed by atoms with Crippen LogP contribution in [0.5, 0.6) is 5.75 Å². The molecule has 1 aromatic rings. The molecule has 0 spiro atoms. The molecule has 1 heterocycles. The van der Waals surface area contributed by atoms with Crippen molar-refractivity contribution in [1.29, 1.82) is 0 Å². The number of nitrogens with two attached hydrogens (primary N) is 2. The summed E-state index contributed by atoms with van der Waals surface area (Å²) < 4.78 is 23.7. The van der Waals surface area contributed by atoms with Crippen LogP contribution in [0.4, 0.5) is 9.59 Å². The number of ether oxygens (including phenoxy) is 4. The van der Waals surface area contributed by atoms with Crippen LogP contribution >= 0.6 is 45.2 Å². The van der Waals surface area contributed by atoms with E-state index in [0.29, 0.717) is 78.9 Å². The van der Waals surface area contributed by atoms with Crippen LogP contribution in [0.1, 0.15) is 5.56 Å². The Balaban J connectivity index is 1.58. The second kappa shape index (κ2) is 19.1. The van der Waals surface area contributed by atoms with E-state index in [9.17, 15) is 9.59 Å². The van der Waals surface area contributed by atoms with Crippen molar-refractivity contribution in [2.24, 2.45) is 16.5 Å². The minimum atomic E-state index is -0.376. The van der Waals surface area contributed by atoms with E-state index in [1.807, 2.05) is 6.07 Å². The van der Waals surface area contributed by atoms with Crippen molar-refractivity contribution in [3.05, 3.63) is 24.8 Å². The van der Waals surface area contributed by atoms with E-state index in [2.05, 4.69) is 78.8 Å². The number of piperazine rings is 1. The number of rotatable bonds is 13. The third kappa shape index (κ3) is 13.0. The number of hydrogen-bond acceptors (Lipinski definition) is 7. The van der Waals surface area contributed by atoms with Crippen molar-refractivity contribution in [3.63, 3.8) is 0 Å². The summed E-state index contributed by atoms with van der Waals surface area (Å²) in [6.45, 7) is 6.77. The van der Waals surface area contributed by atoms with Gasteiger partial charge < -0.3 is 34.5 Å². The zero-order chi connectivity index (χ0) is 29.3. The minimum Gasteiger partial charge on any atom is -0.490 e. The molecule has 0 radical (unpaired) electrons. The third-order valence-corrected chi connectivity index (χ3v) is 7.55. The number of carbonyl (C=O) groups excluding carboxylic acids is 2. The van der Waals surface area contributed by atoms with Gasteiger partial charge in [-0.2, -0.15) is 5.32 Å². The monoisotopic (exact) mass is 789 g/mol. The Morgan fingerprint density at radius 1 is 0.925 bits per heavy atom. The first kappa shape index (κ1) is 34.0. The summed E-state index contributed by atoms with van der Waals surface area (Å²) >= 11 is 4.54. The second-order valence-electron chi connectivity index (χ2n) is 8.54. The Labute approximate surface area is 261 Å². The highest BCUT2D eigenvalue weighted by atomic mass is 127. The largest absolute Gasteiger partial charge is 0.490 e. The van der Waals surface area contributed by atoms with Gasteiger partial charge in [-0.3, -0.25) is 21.0 Å². The maximum Gasteiger partial charge on any atom is 0.382 e. The first-order valence-corrected chi connectivity index (χ1v) is 14.9. The normalized spacial score (nSPS) is 14.3. The SMILES string of the molecule is COCCOCC[NH+]=C(N)NC(=O)N1CCN(C(=O)NC(N)=NCCOCCOc2cc(I)c(C)cc2I)CC1. The van der Waals surface area contributed by atoms with Gasteiger partial charge in [0, 0.05) is 36.9 Å². The molecule has 0 saturated carbocycles. The second-order valence-corrected chi connectivity index (χ2v) is 10.9. The van der Waals surface area contributed by atoms with E-state index in [1.54, 1.807) is 16.9 Å². The first-order chi connectivity index (χ1) is 19.2. The molecule has 1 aliphatic heterocycles. The minimum absolute atomic E-state index is 0.00783. The quantitative estimate of drug-likeness (QED) is 0.0732. The number of halogens is 2. The standard InChI is InChI=1S/C24H38I2N8O6/c1-17-15-19(26)20(16-18(17)25)40-14-13-39-10-4-30-22(28)32-24(36)34-7-5-33(6-8-34)23(35)31-21(27)29-3-9-38-12-11-37-2/h15-16H,3-14H2,1-2H3,(H3,27,29,31,35)(H3,28,30,32,36)/p+1. The summed E-state index contributed by atoms with van der Waals surface area (Å²) in [7, 11) is 1.60. The van der Waals surface area contributed by atoms with Crippen LogP contribution in [-0.4, -0.2) is 120 Å². The van der Waals surface area contributed by atoms with Crippen LogP contribution in [0.15, 0.2) is 17.1 Å². The molecule has 1 aromatic carbocycles. The number of urea groups is 2. The smallest absolute Gasteiger partial charge is 0.382 e. The lowest BCUT2D eigenvalue weighted by molar-refractivity contribution is -0.464. The molecule has 0 atom stereocenters. The molecule has 0 aromatic heterocycles. The van der Waals surface area contributed by atoms with Crippen molar-refractivity contribution in [3.8, 4) is 5.75 Å². The zero-order valence-corrected chi connectivity index (χ0v) is 27.2. The van der Waals surface area contributed by atoms with Gasteiger partial charge in [-0.25, -0.2) is 9.59 Å².